The Bertz CT molecular complexity index is 359. The number of hydrogen-bond acceptors (Lipinski definition) is 3. The Balaban J connectivity index is 3.07. The van der Waals surface area contributed by atoms with Crippen molar-refractivity contribution >= 4 is 23.6 Å². The Hall–Kier alpha value is -0.710. The monoisotopic (exact) mass is 300 g/mol. The Labute approximate surface area is 127 Å². The van der Waals surface area contributed by atoms with Gasteiger partial charge in [-0.3, -0.25) is 9.59 Å². The third-order valence-electron chi connectivity index (χ3n) is 4.43. The smallest absolute Gasteiger partial charge is 0.245 e. The number of piperazine rings is 1. The van der Waals surface area contributed by atoms with Gasteiger partial charge in [-0.25, -0.2) is 0 Å². The number of nitrogens with one attached hydrogen (secondary N) is 1. The van der Waals surface area contributed by atoms with E-state index in [1.54, 1.807) is 18.7 Å². The van der Waals surface area contributed by atoms with Gasteiger partial charge >= 0.3 is 0 Å². The van der Waals surface area contributed by atoms with E-state index >= 15 is 0 Å². The molecule has 1 N–H and O–H groups in total. The first-order valence-electron chi connectivity index (χ1n) is 7.47. The lowest BCUT2D eigenvalue weighted by molar-refractivity contribution is -0.151. The third kappa shape index (κ3) is 3.30. The SMILES string of the molecule is CCC(CC)(CN1C(=O)C(C)NC(=O)C1C(C)C)SC. The Kier molecular flexibility index (Phi) is 5.92. The molecule has 5 heteroatoms. The molecule has 0 radical (unpaired) electrons. The van der Waals surface area contributed by atoms with Crippen LogP contribution in [0.3, 0.4) is 0 Å². The summed E-state index contributed by atoms with van der Waals surface area (Å²) in [5, 5.41) is 2.79. The largest absolute Gasteiger partial charge is 0.343 e. The molecule has 0 saturated carbocycles. The molecule has 0 aliphatic carbocycles. The van der Waals surface area contributed by atoms with Crippen LogP contribution in [0.5, 0.6) is 0 Å². The molecule has 4 nitrogen and oxygen atoms in total. The molecule has 0 aromatic rings. The Morgan fingerprint density at radius 2 is 1.85 bits per heavy atom. The third-order valence-corrected chi connectivity index (χ3v) is 6.00. The molecule has 20 heavy (non-hydrogen) atoms. The molecule has 1 fully saturated rings. The zero-order chi connectivity index (χ0) is 15.5. The summed E-state index contributed by atoms with van der Waals surface area (Å²) in [7, 11) is 0. The van der Waals surface area contributed by atoms with Crippen LogP contribution < -0.4 is 5.32 Å². The van der Waals surface area contributed by atoms with Crippen molar-refractivity contribution in [3.63, 3.8) is 0 Å². The first-order valence-corrected chi connectivity index (χ1v) is 8.70. The highest BCUT2D eigenvalue weighted by molar-refractivity contribution is 8.00. The molecule has 1 heterocycles. The number of carbonyl (C=O) groups is 2. The van der Waals surface area contributed by atoms with Gasteiger partial charge in [0.15, 0.2) is 0 Å². The first-order chi connectivity index (χ1) is 9.31. The lowest BCUT2D eigenvalue weighted by atomic mass is 9.93. The van der Waals surface area contributed by atoms with E-state index in [0.717, 1.165) is 12.8 Å². The molecule has 1 aliphatic heterocycles. The van der Waals surface area contributed by atoms with E-state index in [1.807, 2.05) is 18.7 Å². The summed E-state index contributed by atoms with van der Waals surface area (Å²) < 4.78 is 0.0418. The van der Waals surface area contributed by atoms with Gasteiger partial charge in [0.25, 0.3) is 0 Å². The van der Waals surface area contributed by atoms with Crippen molar-refractivity contribution < 1.29 is 9.59 Å². The minimum atomic E-state index is -0.411. The van der Waals surface area contributed by atoms with Gasteiger partial charge in [-0.1, -0.05) is 27.7 Å². The second-order valence-electron chi connectivity index (χ2n) is 5.98. The van der Waals surface area contributed by atoms with Crippen LogP contribution in [0.2, 0.25) is 0 Å². The van der Waals surface area contributed by atoms with Crippen LogP contribution in [0.4, 0.5) is 0 Å². The van der Waals surface area contributed by atoms with Crippen molar-refractivity contribution in [1.82, 2.24) is 10.2 Å². The van der Waals surface area contributed by atoms with Gasteiger partial charge in [-0.05, 0) is 31.9 Å². The molecular weight excluding hydrogens is 272 g/mol. The minimum Gasteiger partial charge on any atom is -0.343 e. The van der Waals surface area contributed by atoms with E-state index in [1.165, 1.54) is 0 Å². The van der Waals surface area contributed by atoms with E-state index in [2.05, 4.69) is 25.4 Å². The van der Waals surface area contributed by atoms with E-state index in [9.17, 15) is 9.59 Å². The highest BCUT2D eigenvalue weighted by Gasteiger charge is 2.43. The fraction of sp³-hybridized carbons (Fsp3) is 0.867. The summed E-state index contributed by atoms with van der Waals surface area (Å²) in [6.07, 6.45) is 4.08. The molecule has 1 saturated heterocycles. The lowest BCUT2D eigenvalue weighted by Crippen LogP contribution is -2.66. The molecule has 0 aromatic carbocycles. The van der Waals surface area contributed by atoms with Crippen molar-refractivity contribution in [3.8, 4) is 0 Å². The molecule has 1 rings (SSSR count). The summed E-state index contributed by atoms with van der Waals surface area (Å²) >= 11 is 1.80. The molecule has 1 aliphatic rings. The lowest BCUT2D eigenvalue weighted by Gasteiger charge is -2.44. The Morgan fingerprint density at radius 3 is 2.25 bits per heavy atom. The van der Waals surface area contributed by atoms with Crippen molar-refractivity contribution in [1.29, 1.82) is 0 Å². The summed E-state index contributed by atoms with van der Waals surface area (Å²) in [5.41, 5.74) is 0. The van der Waals surface area contributed by atoms with E-state index in [-0.39, 0.29) is 28.5 Å². The second-order valence-corrected chi connectivity index (χ2v) is 7.25. The number of carbonyl (C=O) groups excluding carboxylic acids is 2. The summed E-state index contributed by atoms with van der Waals surface area (Å²) in [4.78, 5) is 26.6. The molecule has 0 bridgehead atoms. The van der Waals surface area contributed by atoms with Gasteiger partial charge in [-0.2, -0.15) is 11.8 Å². The fourth-order valence-electron chi connectivity index (χ4n) is 2.86. The molecule has 2 atom stereocenters. The van der Waals surface area contributed by atoms with Crippen molar-refractivity contribution in [2.24, 2.45) is 5.92 Å². The zero-order valence-electron chi connectivity index (χ0n) is 13.5. The molecule has 116 valence electrons. The first kappa shape index (κ1) is 17.3. The predicted molar refractivity (Wildman–Crippen MR) is 84.8 cm³/mol. The molecule has 0 spiro atoms. The number of hydrogen-bond donors (Lipinski definition) is 1. The summed E-state index contributed by atoms with van der Waals surface area (Å²) in [6.45, 7) is 10.7. The van der Waals surface area contributed by atoms with Crippen LogP contribution in [-0.2, 0) is 9.59 Å². The Morgan fingerprint density at radius 1 is 1.30 bits per heavy atom. The minimum absolute atomic E-state index is 0.0192. The van der Waals surface area contributed by atoms with Crippen LogP contribution in [-0.4, -0.2) is 46.3 Å². The normalized spacial score (nSPS) is 24.2. The van der Waals surface area contributed by atoms with Crippen molar-refractivity contribution in [2.45, 2.75) is 64.3 Å². The summed E-state index contributed by atoms with van der Waals surface area (Å²) in [6, 6.07) is -0.755. The predicted octanol–water partition coefficient (Wildman–Crippen LogP) is 2.28. The van der Waals surface area contributed by atoms with Crippen molar-refractivity contribution in [3.05, 3.63) is 0 Å². The van der Waals surface area contributed by atoms with Crippen molar-refractivity contribution in [2.75, 3.05) is 12.8 Å². The van der Waals surface area contributed by atoms with E-state index < -0.39 is 6.04 Å². The fourth-order valence-corrected chi connectivity index (χ4v) is 3.71. The maximum atomic E-state index is 12.5. The number of amides is 2. The second kappa shape index (κ2) is 6.83. The van der Waals surface area contributed by atoms with Gasteiger partial charge < -0.3 is 10.2 Å². The highest BCUT2D eigenvalue weighted by atomic mass is 32.2. The highest BCUT2D eigenvalue weighted by Crippen LogP contribution is 2.33. The maximum Gasteiger partial charge on any atom is 0.245 e. The average molecular weight is 300 g/mol. The zero-order valence-corrected chi connectivity index (χ0v) is 14.3. The van der Waals surface area contributed by atoms with Gasteiger partial charge in [0, 0.05) is 11.3 Å². The quantitative estimate of drug-likeness (QED) is 0.819. The van der Waals surface area contributed by atoms with E-state index in [0.29, 0.717) is 6.54 Å². The topological polar surface area (TPSA) is 49.4 Å². The standard InChI is InChI=1S/C15H28N2O2S/c1-7-15(8-2,20-6)9-17-12(10(3)4)13(18)16-11(5)14(17)19/h10-12H,7-9H2,1-6H3,(H,16,18). The van der Waals surface area contributed by atoms with Crippen LogP contribution in [0.25, 0.3) is 0 Å². The summed E-state index contributed by atoms with van der Waals surface area (Å²) in [5.74, 6) is 0.151. The molecular formula is C15H28N2O2S. The number of rotatable bonds is 6. The van der Waals surface area contributed by atoms with E-state index in [4.69, 9.17) is 0 Å². The average Bonchev–Trinajstić information content (AvgIpc) is 2.41. The van der Waals surface area contributed by atoms with Gasteiger partial charge in [0.1, 0.15) is 12.1 Å². The number of nitrogens with zero attached hydrogens (tertiary/aromatic N) is 1. The van der Waals surface area contributed by atoms with Crippen LogP contribution in [0, 0.1) is 5.92 Å². The van der Waals surface area contributed by atoms with Gasteiger partial charge in [0.05, 0.1) is 0 Å². The number of thioether (sulfide) groups is 1. The van der Waals surface area contributed by atoms with Crippen LogP contribution >= 0.6 is 11.8 Å². The maximum absolute atomic E-state index is 12.5. The van der Waals surface area contributed by atoms with Crippen LogP contribution in [0.15, 0.2) is 0 Å². The molecule has 0 aromatic heterocycles. The van der Waals surface area contributed by atoms with Gasteiger partial charge in [-0.15, -0.1) is 0 Å². The molecule has 2 amide bonds. The molecule has 2 unspecified atom stereocenters. The van der Waals surface area contributed by atoms with Crippen LogP contribution in [0.1, 0.15) is 47.5 Å². The van der Waals surface area contributed by atoms with Gasteiger partial charge in [0.2, 0.25) is 11.8 Å².